The number of nitrogens with two attached hydrogens (primary N) is 1. The first-order valence-electron chi connectivity index (χ1n) is 2.21. The summed E-state index contributed by atoms with van der Waals surface area (Å²) in [7, 11) is 0. The summed E-state index contributed by atoms with van der Waals surface area (Å²) in [4.78, 5) is 0. The number of hydrogen-bond acceptors (Lipinski definition) is 2. The fourth-order valence-electron chi connectivity index (χ4n) is 0.204. The summed E-state index contributed by atoms with van der Waals surface area (Å²) in [5.74, 6) is 0. The summed E-state index contributed by atoms with van der Waals surface area (Å²) in [5.41, 5.74) is 0. The predicted octanol–water partition coefficient (Wildman–Crippen LogP) is 1.14. The van der Waals surface area contributed by atoms with Crippen molar-refractivity contribution < 1.29 is 4.74 Å². The molecular weight excluding hydrogens is 114 g/mol. The summed E-state index contributed by atoms with van der Waals surface area (Å²) < 4.78 is 4.83. The lowest BCUT2D eigenvalue weighted by Crippen LogP contribution is -1.84. The molecule has 0 spiro atoms. The molecule has 0 saturated carbocycles. The van der Waals surface area contributed by atoms with Crippen molar-refractivity contribution in [2.45, 2.75) is 13.8 Å². The van der Waals surface area contributed by atoms with Crippen LogP contribution in [0.5, 0.6) is 0 Å². The Hall–Kier alpha value is 0.210. The summed E-state index contributed by atoms with van der Waals surface area (Å²) in [6.45, 7) is 5.67. The largest absolute Gasteiger partial charge is 0.382 e. The van der Waals surface area contributed by atoms with Crippen LogP contribution in [0.3, 0.4) is 0 Å². The Morgan fingerprint density at radius 2 is 1.57 bits per heavy atom. The molecule has 7 heavy (non-hydrogen) atoms. The van der Waals surface area contributed by atoms with Gasteiger partial charge in [0.25, 0.3) is 0 Å². The number of rotatable bonds is 2. The molecule has 46 valence electrons. The van der Waals surface area contributed by atoms with Crippen LogP contribution in [0.15, 0.2) is 0 Å². The molecule has 0 atom stereocenters. The average molecular weight is 126 g/mol. The van der Waals surface area contributed by atoms with E-state index < -0.39 is 0 Å². The van der Waals surface area contributed by atoms with E-state index in [1.54, 1.807) is 0 Å². The van der Waals surface area contributed by atoms with Gasteiger partial charge in [-0.05, 0) is 25.6 Å². The topological polar surface area (TPSA) is 35.2 Å². The van der Waals surface area contributed by atoms with Crippen LogP contribution in [0.25, 0.3) is 0 Å². The Balaban J connectivity index is 0. The van der Waals surface area contributed by atoms with E-state index in [4.69, 9.17) is 4.74 Å². The molecule has 0 fully saturated rings. The Bertz CT molecular complexity index is 19.2. The van der Waals surface area contributed by atoms with Crippen LogP contribution in [0, 0.1) is 0 Å². The molecule has 0 aromatic rings. The van der Waals surface area contributed by atoms with Gasteiger partial charge in [0.1, 0.15) is 0 Å². The molecular formula is C4H12ClNO. The maximum atomic E-state index is 4.83. The zero-order valence-corrected chi connectivity index (χ0v) is 5.53. The highest BCUT2D eigenvalue weighted by Crippen LogP contribution is 1.64. The average Bonchev–Trinajstić information content (AvgIpc) is 1.75. The molecule has 0 aliphatic rings. The first-order valence-corrected chi connectivity index (χ1v) is 2.65. The standard InChI is InChI=1S/C4H10O.ClH2N/c1-3-5-4-2;1-2/h3-4H2,1-2H3;2H2. The zero-order valence-electron chi connectivity index (χ0n) is 4.78. The van der Waals surface area contributed by atoms with Gasteiger partial charge in [-0.3, -0.25) is 0 Å². The highest BCUT2D eigenvalue weighted by Gasteiger charge is 1.64. The molecule has 0 aliphatic heterocycles. The van der Waals surface area contributed by atoms with Crippen LogP contribution in [-0.2, 0) is 4.74 Å². The van der Waals surface area contributed by atoms with Gasteiger partial charge in [-0.1, -0.05) is 0 Å². The summed E-state index contributed by atoms with van der Waals surface area (Å²) >= 11 is 4.14. The van der Waals surface area contributed by atoms with Gasteiger partial charge in [0.2, 0.25) is 0 Å². The van der Waals surface area contributed by atoms with Gasteiger partial charge in [-0.15, -0.1) is 0 Å². The molecule has 0 aromatic heterocycles. The van der Waals surface area contributed by atoms with Crippen LogP contribution in [-0.4, -0.2) is 13.2 Å². The molecule has 0 bridgehead atoms. The van der Waals surface area contributed by atoms with E-state index in [0.29, 0.717) is 0 Å². The Morgan fingerprint density at radius 3 is 1.57 bits per heavy atom. The van der Waals surface area contributed by atoms with E-state index in [-0.39, 0.29) is 0 Å². The second-order valence-electron chi connectivity index (χ2n) is 0.781. The summed E-state index contributed by atoms with van der Waals surface area (Å²) in [6.07, 6.45) is 0. The van der Waals surface area contributed by atoms with E-state index >= 15 is 0 Å². The smallest absolute Gasteiger partial charge is 0.0437 e. The van der Waals surface area contributed by atoms with E-state index in [1.165, 1.54) is 0 Å². The highest BCUT2D eigenvalue weighted by molar-refractivity contribution is 6.11. The van der Waals surface area contributed by atoms with Gasteiger partial charge in [-0.25, -0.2) is 5.25 Å². The molecule has 0 saturated heterocycles. The maximum Gasteiger partial charge on any atom is 0.0437 e. The van der Waals surface area contributed by atoms with Crippen molar-refractivity contribution in [2.24, 2.45) is 5.25 Å². The molecule has 0 aromatic carbocycles. The minimum absolute atomic E-state index is 0.844. The minimum Gasteiger partial charge on any atom is -0.382 e. The van der Waals surface area contributed by atoms with Crippen LogP contribution >= 0.6 is 11.8 Å². The van der Waals surface area contributed by atoms with Crippen molar-refractivity contribution >= 4 is 11.8 Å². The SMILES string of the molecule is CCOCC.NCl. The van der Waals surface area contributed by atoms with E-state index in [0.717, 1.165) is 13.2 Å². The molecule has 2 nitrogen and oxygen atoms in total. The van der Waals surface area contributed by atoms with Crippen molar-refractivity contribution in [1.82, 2.24) is 0 Å². The molecule has 2 N–H and O–H groups in total. The Kier molecular flexibility index (Phi) is 23.9. The fourth-order valence-corrected chi connectivity index (χ4v) is 0.204. The number of hydrogen-bond donors (Lipinski definition) is 1. The summed E-state index contributed by atoms with van der Waals surface area (Å²) in [5, 5.41) is 3.97. The second kappa shape index (κ2) is 16.4. The predicted molar refractivity (Wildman–Crippen MR) is 32.2 cm³/mol. The van der Waals surface area contributed by atoms with Crippen molar-refractivity contribution in [3.8, 4) is 0 Å². The third kappa shape index (κ3) is 22.5. The van der Waals surface area contributed by atoms with Crippen molar-refractivity contribution in [2.75, 3.05) is 13.2 Å². The van der Waals surface area contributed by atoms with Gasteiger partial charge in [-0.2, -0.15) is 0 Å². The van der Waals surface area contributed by atoms with Gasteiger partial charge in [0, 0.05) is 13.2 Å². The zero-order chi connectivity index (χ0) is 6.12. The van der Waals surface area contributed by atoms with Crippen molar-refractivity contribution in [3.63, 3.8) is 0 Å². The van der Waals surface area contributed by atoms with E-state index in [2.05, 4.69) is 17.0 Å². The van der Waals surface area contributed by atoms with Gasteiger partial charge >= 0.3 is 0 Å². The van der Waals surface area contributed by atoms with Crippen molar-refractivity contribution in [1.29, 1.82) is 0 Å². The third-order valence-electron chi connectivity index (χ3n) is 0.408. The number of ether oxygens (including phenoxy) is 1. The lowest BCUT2D eigenvalue weighted by molar-refractivity contribution is 0.162. The molecule has 0 unspecified atom stereocenters. The van der Waals surface area contributed by atoms with Gasteiger partial charge < -0.3 is 4.74 Å². The van der Waals surface area contributed by atoms with Gasteiger partial charge in [0.15, 0.2) is 0 Å². The molecule has 3 heteroatoms. The fraction of sp³-hybridized carbons (Fsp3) is 1.00. The highest BCUT2D eigenvalue weighted by atomic mass is 35.5. The Morgan fingerprint density at radius 1 is 1.29 bits per heavy atom. The van der Waals surface area contributed by atoms with Gasteiger partial charge in [0.05, 0.1) is 0 Å². The van der Waals surface area contributed by atoms with E-state index in [9.17, 15) is 0 Å². The lowest BCUT2D eigenvalue weighted by atomic mass is 10.8. The first-order chi connectivity index (χ1) is 3.41. The normalized spacial score (nSPS) is 6.86. The lowest BCUT2D eigenvalue weighted by Gasteiger charge is -1.86. The number of halogens is 1. The first kappa shape index (κ1) is 10.2. The quantitative estimate of drug-likeness (QED) is 0.562. The molecule has 0 heterocycles. The minimum atomic E-state index is 0.844. The van der Waals surface area contributed by atoms with Crippen molar-refractivity contribution in [3.05, 3.63) is 0 Å². The second-order valence-corrected chi connectivity index (χ2v) is 0.781. The maximum absolute atomic E-state index is 4.83. The molecule has 0 rings (SSSR count). The van der Waals surface area contributed by atoms with Crippen LogP contribution in [0.1, 0.15) is 13.8 Å². The monoisotopic (exact) mass is 125 g/mol. The van der Waals surface area contributed by atoms with Crippen LogP contribution in [0.4, 0.5) is 0 Å². The van der Waals surface area contributed by atoms with E-state index in [1.807, 2.05) is 13.8 Å². The van der Waals surface area contributed by atoms with Crippen LogP contribution in [0.2, 0.25) is 0 Å². The van der Waals surface area contributed by atoms with Crippen LogP contribution < -0.4 is 5.25 Å². The molecule has 0 radical (unpaired) electrons. The summed E-state index contributed by atoms with van der Waals surface area (Å²) in [6, 6.07) is 0. The molecule has 0 amide bonds. The third-order valence-corrected chi connectivity index (χ3v) is 0.408. The Labute approximate surface area is 49.7 Å². The molecule has 0 aliphatic carbocycles.